The molecule has 5 aromatic heterocycles. The first-order chi connectivity index (χ1) is 62.0. The van der Waals surface area contributed by atoms with Crippen LogP contribution in [-0.2, 0) is 99.7 Å². The topological polar surface area (TPSA) is 275 Å². The molecule has 8 aromatic carbocycles. The van der Waals surface area contributed by atoms with E-state index in [0.717, 1.165) is 197 Å². The lowest BCUT2D eigenvalue weighted by Gasteiger charge is -2.26. The SMILES string of the molecule is CC(C)CN(c1ccc(C(C)C)cc1)S(=O)(=O)c1ccc2c(cnn2CC2CCOCC2)c1.CCCCN(c1ccc(CC)cc1)S(=O)(=O)c1ccc2c(cnn2CC2CCOCC2)c1.CCCN(c1ccc(CC)cc1)S(=O)(=O)c1ccc2c(cnn2CC2CCOCC2)c1.CCc1ccc(N(CC(C)C)S(=O)(=O)c2ccc3c(cnn3Cc3c(C)noc3C)c2)cc1. The van der Waals surface area contributed by atoms with Crippen molar-refractivity contribution in [1.82, 2.24) is 44.3 Å². The summed E-state index contributed by atoms with van der Waals surface area (Å²) in [6.07, 6.45) is 18.5. The van der Waals surface area contributed by atoms with E-state index in [1.807, 2.05) is 189 Å². The molecule has 0 saturated carbocycles. The van der Waals surface area contributed by atoms with Crippen LogP contribution in [0.15, 0.2) is 219 Å². The smallest absolute Gasteiger partial charge is 0.264 e. The Bertz CT molecular complexity index is 6310. The normalized spacial score (nSPS) is 14.6. The number of fused-ring (bicyclic) bond motifs is 4. The van der Waals surface area contributed by atoms with Gasteiger partial charge in [-0.15, -0.1) is 0 Å². The van der Waals surface area contributed by atoms with E-state index < -0.39 is 40.1 Å². The minimum atomic E-state index is -3.74. The van der Waals surface area contributed by atoms with Crippen LogP contribution in [0, 0.1) is 43.4 Å². The molecule has 129 heavy (non-hydrogen) atoms. The molecule has 0 radical (unpaired) electrons. The fraction of sp³-hybridized carbons (Fsp3) is 0.450. The number of nitrogens with zero attached hydrogens (tertiary/aromatic N) is 13. The zero-order valence-corrected chi connectivity index (χ0v) is 80.4. The van der Waals surface area contributed by atoms with Crippen molar-refractivity contribution in [3.8, 4) is 0 Å². The molecule has 0 N–H and O–H groups in total. The summed E-state index contributed by atoms with van der Waals surface area (Å²) < 4.78 is 145. The average Bonchev–Trinajstić information content (AvgIpc) is 1.73. The van der Waals surface area contributed by atoms with Crippen LogP contribution < -0.4 is 17.2 Å². The molecular formula is C100H129N13O12S4. The zero-order chi connectivity index (χ0) is 91.7. The van der Waals surface area contributed by atoms with Crippen LogP contribution in [0.2, 0.25) is 0 Å². The number of benzene rings is 8. The van der Waals surface area contributed by atoms with Crippen LogP contribution >= 0.6 is 0 Å². The highest BCUT2D eigenvalue weighted by Crippen LogP contribution is 2.36. The van der Waals surface area contributed by atoms with Crippen molar-refractivity contribution in [2.75, 3.05) is 83.0 Å². The summed E-state index contributed by atoms with van der Waals surface area (Å²) in [5, 5.41) is 25.5. The first-order valence-corrected chi connectivity index (χ1v) is 51.7. The Balaban J connectivity index is 0.000000147. The maximum atomic E-state index is 13.7. The van der Waals surface area contributed by atoms with Crippen LogP contribution in [0.5, 0.6) is 0 Å². The van der Waals surface area contributed by atoms with Gasteiger partial charge in [-0.1, -0.05) is 136 Å². The molecule has 0 amide bonds. The summed E-state index contributed by atoms with van der Waals surface area (Å²) in [7, 11) is -14.8. The maximum Gasteiger partial charge on any atom is 0.264 e. The van der Waals surface area contributed by atoms with Gasteiger partial charge >= 0.3 is 0 Å². The fourth-order valence-electron chi connectivity index (χ4n) is 16.7. The Morgan fingerprint density at radius 3 is 0.969 bits per heavy atom. The summed E-state index contributed by atoms with van der Waals surface area (Å²) >= 11 is 0. The molecule has 25 nitrogen and oxygen atoms in total. The van der Waals surface area contributed by atoms with Gasteiger partial charge in [0.2, 0.25) is 0 Å². The van der Waals surface area contributed by atoms with E-state index in [-0.39, 0.29) is 16.7 Å². The van der Waals surface area contributed by atoms with Crippen molar-refractivity contribution in [2.45, 2.75) is 219 Å². The highest BCUT2D eigenvalue weighted by atomic mass is 32.2. The molecule has 3 aliphatic heterocycles. The standard InChI is InChI=1S/C26H35N3O3S.C25H30N4O3S.C25H33N3O3S.C24H31N3O3S/c1-19(2)17-29(24-7-5-22(6-8-24)20(3)4)33(30,31)25-9-10-26-23(15-25)16-27-28(26)18-21-11-13-32-14-12-21;1-6-20-7-9-22(10-8-20)29(15-17(2)3)33(30,31)23-11-12-25-21(13-23)14-26-28(25)16-24-18(4)27-32-19(24)5;1-3-5-14-28(23-8-6-20(4-2)7-9-23)32(29,30)24-10-11-25-22(17-24)18-26-27(25)19-21-12-15-31-16-13-21;1-3-13-27(22-7-5-19(4-2)6-8-22)31(28,29)23-9-10-24-21(16-23)17-25-26(24)18-20-11-14-30-15-12-20/h5-10,15-16,19-21H,11-14,17-18H2,1-4H3;7-14,17H,6,15-16H2,1-5H3;6-11,17-18,21H,3-5,12-16,19H2,1-2H3;5-10,16-17,20H,3-4,11-15,18H2,1-2H3. The van der Waals surface area contributed by atoms with Crippen LogP contribution in [0.4, 0.5) is 22.7 Å². The number of ether oxygens (including phenoxy) is 3. The van der Waals surface area contributed by atoms with Gasteiger partial charge in [-0.2, -0.15) is 20.4 Å². The van der Waals surface area contributed by atoms with Gasteiger partial charge in [-0.25, -0.2) is 33.7 Å². The molecule has 0 unspecified atom stereocenters. The second-order valence-corrected chi connectivity index (χ2v) is 42.8. The van der Waals surface area contributed by atoms with E-state index in [4.69, 9.17) is 18.7 Å². The van der Waals surface area contributed by atoms with Crippen molar-refractivity contribution in [3.63, 3.8) is 0 Å². The number of aromatic nitrogens is 9. The second-order valence-electron chi connectivity index (χ2n) is 35.3. The van der Waals surface area contributed by atoms with Gasteiger partial charge in [0.15, 0.2) is 0 Å². The van der Waals surface area contributed by atoms with Gasteiger partial charge in [0.05, 0.1) is 101 Å². The largest absolute Gasteiger partial charge is 0.381 e. The van der Waals surface area contributed by atoms with Gasteiger partial charge in [0, 0.05) is 113 Å². The molecule has 29 heteroatoms. The number of sulfonamides is 4. The summed E-state index contributed by atoms with van der Waals surface area (Å²) in [5.74, 6) is 3.16. The fourth-order valence-corrected chi connectivity index (χ4v) is 23.2. The first-order valence-electron chi connectivity index (χ1n) is 46.0. The molecule has 0 bridgehead atoms. The zero-order valence-electron chi connectivity index (χ0n) is 77.2. The Hall–Kier alpha value is -10.3. The first kappa shape index (κ1) is 96.3. The molecule has 3 saturated heterocycles. The average molecular weight is 1830 g/mol. The lowest BCUT2D eigenvalue weighted by Crippen LogP contribution is -2.34. The third-order valence-corrected chi connectivity index (χ3v) is 31.8. The summed E-state index contributed by atoms with van der Waals surface area (Å²) in [6.45, 7) is 36.1. The highest BCUT2D eigenvalue weighted by Gasteiger charge is 2.32. The molecule has 13 aromatic rings. The number of hydrogen-bond donors (Lipinski definition) is 0. The van der Waals surface area contributed by atoms with E-state index in [2.05, 4.69) is 67.1 Å². The molecule has 0 atom stereocenters. The third kappa shape index (κ3) is 23.4. The second kappa shape index (κ2) is 43.6. The van der Waals surface area contributed by atoms with Crippen LogP contribution in [0.1, 0.15) is 179 Å². The Morgan fingerprint density at radius 2 is 0.674 bits per heavy atom. The molecule has 16 rings (SSSR count). The predicted molar refractivity (Wildman–Crippen MR) is 516 cm³/mol. The van der Waals surface area contributed by atoms with Gasteiger partial charge in [0.1, 0.15) is 5.76 Å². The lowest BCUT2D eigenvalue weighted by atomic mass is 10.0. The van der Waals surface area contributed by atoms with Crippen LogP contribution in [0.3, 0.4) is 0 Å². The summed E-state index contributed by atoms with van der Waals surface area (Å²) in [5.41, 5.74) is 13.1. The van der Waals surface area contributed by atoms with Gasteiger partial charge in [-0.05, 0) is 264 Å². The van der Waals surface area contributed by atoms with E-state index in [0.29, 0.717) is 93.8 Å². The number of aryl methyl sites for hydroxylation is 5. The summed E-state index contributed by atoms with van der Waals surface area (Å²) in [6, 6.07) is 52.5. The van der Waals surface area contributed by atoms with E-state index >= 15 is 0 Å². The Kier molecular flexibility index (Phi) is 32.6. The van der Waals surface area contributed by atoms with Gasteiger partial charge in [0.25, 0.3) is 40.1 Å². The van der Waals surface area contributed by atoms with Gasteiger partial charge < -0.3 is 18.7 Å². The molecule has 0 aliphatic carbocycles. The van der Waals surface area contributed by atoms with Crippen molar-refractivity contribution < 1.29 is 52.4 Å². The molecule has 3 fully saturated rings. The summed E-state index contributed by atoms with van der Waals surface area (Å²) in [4.78, 5) is 1.17. The number of unbranched alkanes of at least 4 members (excludes halogenated alkanes) is 1. The van der Waals surface area contributed by atoms with E-state index in [1.165, 1.54) is 35.2 Å². The minimum Gasteiger partial charge on any atom is -0.381 e. The molecule has 8 heterocycles. The minimum absolute atomic E-state index is 0.173. The number of rotatable bonds is 33. The molecule has 0 spiro atoms. The predicted octanol–water partition coefficient (Wildman–Crippen LogP) is 20.2. The van der Waals surface area contributed by atoms with Gasteiger partial charge in [-0.3, -0.25) is 35.9 Å². The molecule has 690 valence electrons. The Labute approximate surface area is 763 Å². The Morgan fingerprint density at radius 1 is 0.372 bits per heavy atom. The molecular weight excluding hydrogens is 1700 g/mol. The van der Waals surface area contributed by atoms with E-state index in [1.54, 1.807) is 77.6 Å². The lowest BCUT2D eigenvalue weighted by molar-refractivity contribution is 0.0604. The highest BCUT2D eigenvalue weighted by molar-refractivity contribution is 7.93. The quantitative estimate of drug-likeness (QED) is 0.0369. The van der Waals surface area contributed by atoms with E-state index in [9.17, 15) is 33.7 Å². The van der Waals surface area contributed by atoms with Crippen molar-refractivity contribution in [2.24, 2.45) is 29.6 Å². The van der Waals surface area contributed by atoms with Crippen molar-refractivity contribution >= 4 is 106 Å². The van der Waals surface area contributed by atoms with Crippen LogP contribution in [-0.4, -0.2) is 144 Å². The number of anilines is 4. The third-order valence-electron chi connectivity index (χ3n) is 24.6. The van der Waals surface area contributed by atoms with Crippen molar-refractivity contribution in [1.29, 1.82) is 0 Å². The number of hydrogen-bond acceptors (Lipinski definition) is 17. The van der Waals surface area contributed by atoms with Crippen molar-refractivity contribution in [3.05, 3.63) is 234 Å². The van der Waals surface area contributed by atoms with Crippen LogP contribution in [0.25, 0.3) is 43.6 Å². The molecule has 3 aliphatic rings. The monoisotopic (exact) mass is 1830 g/mol. The maximum absolute atomic E-state index is 13.7.